The summed E-state index contributed by atoms with van der Waals surface area (Å²) in [7, 11) is -3.33. The Morgan fingerprint density at radius 2 is 2.29 bits per heavy atom. The quantitative estimate of drug-likeness (QED) is 0.781. The van der Waals surface area contributed by atoms with Gasteiger partial charge in [0, 0.05) is 0 Å². The first-order valence-electron chi connectivity index (χ1n) is 4.10. The SMILES string of the molecule is CS(=O)(=O)N(CCO)c1c[c]ccc1. The van der Waals surface area contributed by atoms with Crippen LogP contribution in [0, 0.1) is 6.07 Å². The molecule has 0 saturated heterocycles. The van der Waals surface area contributed by atoms with Gasteiger partial charge in [0.2, 0.25) is 10.0 Å². The van der Waals surface area contributed by atoms with Crippen molar-refractivity contribution in [1.29, 1.82) is 0 Å². The molecular formula is C9H12NO3S. The maximum absolute atomic E-state index is 11.3. The minimum absolute atomic E-state index is 0.0662. The predicted octanol–water partition coefficient (Wildman–Crippen LogP) is 0.245. The van der Waals surface area contributed by atoms with Gasteiger partial charge in [-0.15, -0.1) is 0 Å². The number of aliphatic hydroxyl groups excluding tert-OH is 1. The minimum Gasteiger partial charge on any atom is -0.394 e. The van der Waals surface area contributed by atoms with E-state index in [2.05, 4.69) is 6.07 Å². The molecule has 4 nitrogen and oxygen atoms in total. The highest BCUT2D eigenvalue weighted by molar-refractivity contribution is 7.92. The van der Waals surface area contributed by atoms with Crippen LogP contribution in [0.15, 0.2) is 24.3 Å². The molecule has 1 aromatic rings. The molecule has 0 unspecified atom stereocenters. The van der Waals surface area contributed by atoms with Crippen LogP contribution >= 0.6 is 0 Å². The Labute approximate surface area is 83.8 Å². The zero-order valence-electron chi connectivity index (χ0n) is 7.84. The van der Waals surface area contributed by atoms with Gasteiger partial charge < -0.3 is 5.11 Å². The van der Waals surface area contributed by atoms with Crippen molar-refractivity contribution in [3.63, 3.8) is 0 Å². The lowest BCUT2D eigenvalue weighted by molar-refractivity contribution is 0.307. The first-order chi connectivity index (χ1) is 6.55. The number of hydrogen-bond acceptors (Lipinski definition) is 3. The van der Waals surface area contributed by atoms with E-state index in [4.69, 9.17) is 5.11 Å². The molecule has 0 aliphatic carbocycles. The molecule has 1 radical (unpaired) electrons. The maximum Gasteiger partial charge on any atom is 0.232 e. The number of anilines is 1. The van der Waals surface area contributed by atoms with Crippen molar-refractivity contribution in [1.82, 2.24) is 0 Å². The summed E-state index contributed by atoms with van der Waals surface area (Å²) in [6.45, 7) is -0.140. The fraction of sp³-hybridized carbons (Fsp3) is 0.333. The maximum atomic E-state index is 11.3. The van der Waals surface area contributed by atoms with Gasteiger partial charge in [0.25, 0.3) is 0 Å². The van der Waals surface area contributed by atoms with Crippen molar-refractivity contribution in [3.8, 4) is 0 Å². The highest BCUT2D eigenvalue weighted by Crippen LogP contribution is 2.15. The Kier molecular flexibility index (Phi) is 3.49. The number of hydrogen-bond donors (Lipinski definition) is 1. The summed E-state index contributed by atoms with van der Waals surface area (Å²) < 4.78 is 23.8. The lowest BCUT2D eigenvalue weighted by Crippen LogP contribution is -2.32. The standard InChI is InChI=1S/C9H12NO3S/c1-14(12,13)10(7-8-11)9-5-3-2-4-6-9/h2-3,5-6,11H,7-8H2,1H3. The summed E-state index contributed by atoms with van der Waals surface area (Å²) in [6, 6.07) is 9.39. The zero-order chi connectivity index (χ0) is 10.6. The first-order valence-corrected chi connectivity index (χ1v) is 5.95. The molecule has 0 bridgehead atoms. The van der Waals surface area contributed by atoms with Crippen molar-refractivity contribution in [2.45, 2.75) is 0 Å². The second kappa shape index (κ2) is 4.43. The first kappa shape index (κ1) is 11.0. The van der Waals surface area contributed by atoms with Gasteiger partial charge >= 0.3 is 0 Å². The largest absolute Gasteiger partial charge is 0.394 e. The van der Waals surface area contributed by atoms with E-state index in [9.17, 15) is 8.42 Å². The van der Waals surface area contributed by atoms with Crippen molar-refractivity contribution < 1.29 is 13.5 Å². The lowest BCUT2D eigenvalue weighted by atomic mass is 10.3. The number of benzene rings is 1. The fourth-order valence-corrected chi connectivity index (χ4v) is 2.03. The Hall–Kier alpha value is -1.07. The second-order valence-corrected chi connectivity index (χ2v) is 4.73. The normalized spacial score (nSPS) is 11.3. The van der Waals surface area contributed by atoms with Crippen molar-refractivity contribution in [3.05, 3.63) is 30.3 Å². The molecule has 0 aliphatic heterocycles. The van der Waals surface area contributed by atoms with Crippen LogP contribution in [0.3, 0.4) is 0 Å². The minimum atomic E-state index is -3.33. The highest BCUT2D eigenvalue weighted by atomic mass is 32.2. The molecule has 0 fully saturated rings. The van der Waals surface area contributed by atoms with Crippen LogP contribution in [0.1, 0.15) is 0 Å². The van der Waals surface area contributed by atoms with Gasteiger partial charge in [-0.3, -0.25) is 4.31 Å². The Morgan fingerprint density at radius 3 is 2.71 bits per heavy atom. The molecule has 0 aliphatic rings. The third-order valence-electron chi connectivity index (χ3n) is 1.68. The molecule has 0 atom stereocenters. The summed E-state index contributed by atoms with van der Waals surface area (Å²) >= 11 is 0. The van der Waals surface area contributed by atoms with Crippen LogP contribution in [0.25, 0.3) is 0 Å². The highest BCUT2D eigenvalue weighted by Gasteiger charge is 2.15. The monoisotopic (exact) mass is 214 g/mol. The molecule has 1 aromatic carbocycles. The van der Waals surface area contributed by atoms with E-state index < -0.39 is 10.0 Å². The Bertz CT molecular complexity index is 374. The summed E-state index contributed by atoms with van der Waals surface area (Å²) in [5.74, 6) is 0. The smallest absolute Gasteiger partial charge is 0.232 e. The van der Waals surface area contributed by atoms with E-state index in [1.165, 1.54) is 0 Å². The molecule has 0 saturated carbocycles. The van der Waals surface area contributed by atoms with Crippen molar-refractivity contribution >= 4 is 15.7 Å². The van der Waals surface area contributed by atoms with Gasteiger partial charge in [-0.05, 0) is 18.2 Å². The molecule has 0 amide bonds. The summed E-state index contributed by atoms with van der Waals surface area (Å²) in [5, 5.41) is 8.75. The van der Waals surface area contributed by atoms with E-state index in [0.717, 1.165) is 10.6 Å². The molecule has 1 N–H and O–H groups in total. The van der Waals surface area contributed by atoms with Crippen molar-refractivity contribution in [2.75, 3.05) is 23.7 Å². The number of nitrogens with zero attached hydrogens (tertiary/aromatic N) is 1. The molecule has 0 aromatic heterocycles. The van der Waals surface area contributed by atoms with Gasteiger partial charge in [-0.25, -0.2) is 8.42 Å². The molecule has 0 spiro atoms. The molecule has 1 rings (SSSR count). The van der Waals surface area contributed by atoms with Crippen LogP contribution in [0.2, 0.25) is 0 Å². The Balaban J connectivity index is 3.02. The van der Waals surface area contributed by atoms with Gasteiger partial charge in [0.15, 0.2) is 0 Å². The van der Waals surface area contributed by atoms with Crippen LogP contribution in [0.5, 0.6) is 0 Å². The number of sulfonamides is 1. The summed E-state index contributed by atoms with van der Waals surface area (Å²) in [6.07, 6.45) is 1.11. The van der Waals surface area contributed by atoms with E-state index in [1.54, 1.807) is 24.3 Å². The van der Waals surface area contributed by atoms with Crippen LogP contribution < -0.4 is 4.31 Å². The van der Waals surface area contributed by atoms with E-state index in [-0.39, 0.29) is 13.2 Å². The van der Waals surface area contributed by atoms with E-state index in [1.807, 2.05) is 0 Å². The van der Waals surface area contributed by atoms with Gasteiger partial charge in [-0.2, -0.15) is 0 Å². The molecule has 77 valence electrons. The number of rotatable bonds is 4. The number of aliphatic hydroxyl groups is 1. The van der Waals surface area contributed by atoms with E-state index in [0.29, 0.717) is 5.69 Å². The van der Waals surface area contributed by atoms with Crippen LogP contribution in [-0.4, -0.2) is 32.9 Å². The average Bonchev–Trinajstić information content (AvgIpc) is 2.14. The van der Waals surface area contributed by atoms with Crippen LogP contribution in [-0.2, 0) is 10.0 Å². The fourth-order valence-electron chi connectivity index (χ4n) is 1.12. The Morgan fingerprint density at radius 1 is 1.57 bits per heavy atom. The summed E-state index contributed by atoms with van der Waals surface area (Å²) in [4.78, 5) is 0. The van der Waals surface area contributed by atoms with Gasteiger partial charge in [0.05, 0.1) is 25.1 Å². The van der Waals surface area contributed by atoms with Gasteiger partial charge in [0.1, 0.15) is 0 Å². The topological polar surface area (TPSA) is 57.6 Å². The molecule has 0 heterocycles. The molecule has 5 heteroatoms. The molecular weight excluding hydrogens is 202 g/mol. The average molecular weight is 214 g/mol. The predicted molar refractivity (Wildman–Crippen MR) is 54.6 cm³/mol. The third kappa shape index (κ3) is 2.71. The summed E-state index contributed by atoms with van der Waals surface area (Å²) in [5.41, 5.74) is 0.518. The van der Waals surface area contributed by atoms with Gasteiger partial charge in [-0.1, -0.05) is 12.1 Å². The zero-order valence-corrected chi connectivity index (χ0v) is 8.66. The lowest BCUT2D eigenvalue weighted by Gasteiger charge is -2.20. The van der Waals surface area contributed by atoms with Crippen LogP contribution in [0.4, 0.5) is 5.69 Å². The molecule has 14 heavy (non-hydrogen) atoms. The van der Waals surface area contributed by atoms with Crippen molar-refractivity contribution in [2.24, 2.45) is 0 Å². The van der Waals surface area contributed by atoms with E-state index >= 15 is 0 Å². The third-order valence-corrected chi connectivity index (χ3v) is 2.88. The second-order valence-electron chi connectivity index (χ2n) is 2.82.